The number of fused-ring (bicyclic) bond motifs is 1. The lowest BCUT2D eigenvalue weighted by Gasteiger charge is -2.18. The fraction of sp³-hybridized carbons (Fsp3) is 0.455. The van der Waals surface area contributed by atoms with Crippen molar-refractivity contribution in [3.8, 4) is 10.6 Å². The Morgan fingerprint density at radius 1 is 1.13 bits per heavy atom. The fourth-order valence-electron chi connectivity index (χ4n) is 3.20. The van der Waals surface area contributed by atoms with E-state index in [1.165, 1.54) is 11.3 Å². The van der Waals surface area contributed by atoms with Gasteiger partial charge in [-0.2, -0.15) is 13.2 Å². The monoisotopic (exact) mass is 472 g/mol. The standard InChI is InChI=1S/C21H24ClF3N4S.CH4/c1-3-29(4-2)10-6-5-9-26-20-19(17-8-7-11-30-17)28-18-15(22)12-14(21(23,24)25)13-16(18)27-20;/h7-8,11-13H,3-6,9-10H2,1-2H3,(H,26,27);1H4. The van der Waals surface area contributed by atoms with Crippen molar-refractivity contribution in [2.24, 2.45) is 0 Å². The number of aromatic nitrogens is 2. The summed E-state index contributed by atoms with van der Waals surface area (Å²) in [5.74, 6) is 0.475. The molecule has 3 aromatic rings. The molecular formula is C22H28ClF3N4S. The molecule has 31 heavy (non-hydrogen) atoms. The summed E-state index contributed by atoms with van der Waals surface area (Å²) in [5.41, 5.74) is 0.159. The zero-order valence-electron chi connectivity index (χ0n) is 16.9. The minimum absolute atomic E-state index is 0. The third-order valence-electron chi connectivity index (χ3n) is 4.89. The number of nitrogens with one attached hydrogen (secondary N) is 1. The Hall–Kier alpha value is -1.90. The van der Waals surface area contributed by atoms with Crippen LogP contribution in [0.25, 0.3) is 21.6 Å². The van der Waals surface area contributed by atoms with Crippen LogP contribution in [0, 0.1) is 0 Å². The van der Waals surface area contributed by atoms with Crippen molar-refractivity contribution in [3.63, 3.8) is 0 Å². The van der Waals surface area contributed by atoms with Gasteiger partial charge in [0, 0.05) is 6.54 Å². The largest absolute Gasteiger partial charge is 0.416 e. The van der Waals surface area contributed by atoms with E-state index >= 15 is 0 Å². The summed E-state index contributed by atoms with van der Waals surface area (Å²) < 4.78 is 39.6. The fourth-order valence-corrected chi connectivity index (χ4v) is 4.17. The average Bonchev–Trinajstić information content (AvgIpc) is 3.24. The highest BCUT2D eigenvalue weighted by molar-refractivity contribution is 7.13. The van der Waals surface area contributed by atoms with Crippen LogP contribution in [-0.2, 0) is 6.18 Å². The van der Waals surface area contributed by atoms with Crippen LogP contribution in [0.5, 0.6) is 0 Å². The second-order valence-electron chi connectivity index (χ2n) is 6.88. The van der Waals surface area contributed by atoms with Gasteiger partial charge >= 0.3 is 6.18 Å². The molecule has 0 unspecified atom stereocenters. The van der Waals surface area contributed by atoms with Gasteiger partial charge in [0.2, 0.25) is 0 Å². The highest BCUT2D eigenvalue weighted by Gasteiger charge is 2.32. The molecule has 0 aliphatic rings. The van der Waals surface area contributed by atoms with Crippen LogP contribution in [-0.4, -0.2) is 41.0 Å². The van der Waals surface area contributed by atoms with Crippen molar-refractivity contribution in [2.45, 2.75) is 40.3 Å². The first kappa shape index (κ1) is 25.4. The third-order valence-corrected chi connectivity index (χ3v) is 6.06. The molecular weight excluding hydrogens is 445 g/mol. The number of benzene rings is 1. The molecule has 0 atom stereocenters. The Labute approximate surface area is 190 Å². The maximum absolute atomic E-state index is 13.2. The van der Waals surface area contributed by atoms with Gasteiger partial charge in [0.05, 0.1) is 21.0 Å². The quantitative estimate of drug-likeness (QED) is 0.334. The minimum Gasteiger partial charge on any atom is -0.368 e. The molecule has 0 radical (unpaired) electrons. The van der Waals surface area contributed by atoms with Gasteiger partial charge in [-0.3, -0.25) is 0 Å². The Bertz CT molecular complexity index is 973. The smallest absolute Gasteiger partial charge is 0.368 e. The summed E-state index contributed by atoms with van der Waals surface area (Å²) in [6, 6.07) is 5.70. The zero-order valence-corrected chi connectivity index (χ0v) is 18.5. The summed E-state index contributed by atoms with van der Waals surface area (Å²) in [4.78, 5) is 12.3. The molecule has 0 spiro atoms. The second-order valence-corrected chi connectivity index (χ2v) is 8.24. The molecule has 1 aromatic carbocycles. The maximum Gasteiger partial charge on any atom is 0.416 e. The molecule has 2 aromatic heterocycles. The number of alkyl halides is 3. The van der Waals surface area contributed by atoms with Gasteiger partial charge < -0.3 is 10.2 Å². The summed E-state index contributed by atoms with van der Waals surface area (Å²) in [6.07, 6.45) is -2.55. The molecule has 2 heterocycles. The normalized spacial score (nSPS) is 11.7. The number of unbranched alkanes of at least 4 members (excludes halogenated alkanes) is 1. The summed E-state index contributed by atoms with van der Waals surface area (Å²) in [5, 5.41) is 5.13. The Morgan fingerprint density at radius 3 is 2.48 bits per heavy atom. The molecule has 3 rings (SSSR count). The lowest BCUT2D eigenvalue weighted by atomic mass is 10.1. The van der Waals surface area contributed by atoms with Crippen LogP contribution in [0.1, 0.15) is 39.7 Å². The Kier molecular flexibility index (Phi) is 9.09. The third kappa shape index (κ3) is 6.30. The first-order valence-electron chi connectivity index (χ1n) is 9.92. The molecule has 170 valence electrons. The van der Waals surface area contributed by atoms with Crippen LogP contribution in [0.15, 0.2) is 29.6 Å². The number of thiophene rings is 1. The lowest BCUT2D eigenvalue weighted by molar-refractivity contribution is -0.137. The first-order valence-corrected chi connectivity index (χ1v) is 11.2. The number of nitrogens with zero attached hydrogens (tertiary/aromatic N) is 3. The van der Waals surface area contributed by atoms with Crippen LogP contribution >= 0.6 is 22.9 Å². The van der Waals surface area contributed by atoms with Crippen molar-refractivity contribution in [3.05, 3.63) is 40.2 Å². The van der Waals surface area contributed by atoms with Gasteiger partial charge in [0.25, 0.3) is 0 Å². The Balaban J connectivity index is 0.00000341. The van der Waals surface area contributed by atoms with Gasteiger partial charge in [0.15, 0.2) is 5.82 Å². The van der Waals surface area contributed by atoms with E-state index in [-0.39, 0.29) is 23.5 Å². The van der Waals surface area contributed by atoms with Crippen molar-refractivity contribution in [1.29, 1.82) is 0 Å². The van der Waals surface area contributed by atoms with E-state index in [0.29, 0.717) is 18.1 Å². The van der Waals surface area contributed by atoms with E-state index in [0.717, 1.165) is 49.5 Å². The van der Waals surface area contributed by atoms with Crippen LogP contribution in [0.3, 0.4) is 0 Å². The summed E-state index contributed by atoms with van der Waals surface area (Å²) in [7, 11) is 0. The van der Waals surface area contributed by atoms with E-state index in [2.05, 4.69) is 34.0 Å². The molecule has 0 saturated carbocycles. The van der Waals surface area contributed by atoms with Gasteiger partial charge in [0.1, 0.15) is 11.2 Å². The summed E-state index contributed by atoms with van der Waals surface area (Å²) >= 11 is 7.63. The van der Waals surface area contributed by atoms with E-state index in [1.807, 2.05) is 17.5 Å². The molecule has 4 nitrogen and oxygen atoms in total. The SMILES string of the molecule is C.CCN(CC)CCCCNc1nc2cc(C(F)(F)F)cc(Cl)c2nc1-c1cccs1. The van der Waals surface area contributed by atoms with Crippen LogP contribution < -0.4 is 5.32 Å². The molecule has 0 aliphatic heterocycles. The highest BCUT2D eigenvalue weighted by atomic mass is 35.5. The number of rotatable bonds is 9. The van der Waals surface area contributed by atoms with Crippen molar-refractivity contribution >= 4 is 39.8 Å². The predicted octanol–water partition coefficient (Wildman–Crippen LogP) is 7.20. The number of anilines is 1. The molecule has 0 fully saturated rings. The number of hydrogen-bond donors (Lipinski definition) is 1. The van der Waals surface area contributed by atoms with Crippen LogP contribution in [0.2, 0.25) is 5.02 Å². The second kappa shape index (κ2) is 11.1. The molecule has 0 aliphatic carbocycles. The summed E-state index contributed by atoms with van der Waals surface area (Å²) in [6.45, 7) is 7.99. The highest BCUT2D eigenvalue weighted by Crippen LogP contribution is 2.37. The van der Waals surface area contributed by atoms with Gasteiger partial charge in [-0.05, 0) is 56.1 Å². The van der Waals surface area contributed by atoms with E-state index in [1.54, 1.807) is 0 Å². The predicted molar refractivity (Wildman–Crippen MR) is 125 cm³/mol. The molecule has 9 heteroatoms. The van der Waals surface area contributed by atoms with Crippen molar-refractivity contribution in [2.75, 3.05) is 31.5 Å². The average molecular weight is 473 g/mol. The van der Waals surface area contributed by atoms with Gasteiger partial charge in [-0.15, -0.1) is 11.3 Å². The van der Waals surface area contributed by atoms with Crippen molar-refractivity contribution in [1.82, 2.24) is 14.9 Å². The van der Waals surface area contributed by atoms with E-state index in [9.17, 15) is 13.2 Å². The lowest BCUT2D eigenvalue weighted by Crippen LogP contribution is -2.24. The number of hydrogen-bond acceptors (Lipinski definition) is 5. The van der Waals surface area contributed by atoms with Gasteiger partial charge in [-0.25, -0.2) is 9.97 Å². The topological polar surface area (TPSA) is 41.0 Å². The number of halogens is 4. The first-order chi connectivity index (χ1) is 14.3. The zero-order chi connectivity index (χ0) is 21.7. The maximum atomic E-state index is 13.2. The van der Waals surface area contributed by atoms with E-state index in [4.69, 9.17) is 11.6 Å². The molecule has 0 amide bonds. The van der Waals surface area contributed by atoms with E-state index < -0.39 is 11.7 Å². The molecule has 0 saturated heterocycles. The molecule has 0 bridgehead atoms. The Morgan fingerprint density at radius 2 is 1.87 bits per heavy atom. The van der Waals surface area contributed by atoms with Crippen LogP contribution in [0.4, 0.5) is 19.0 Å². The molecule has 1 N–H and O–H groups in total. The van der Waals surface area contributed by atoms with Gasteiger partial charge in [-0.1, -0.05) is 38.9 Å². The van der Waals surface area contributed by atoms with Crippen molar-refractivity contribution < 1.29 is 13.2 Å². The minimum atomic E-state index is -4.50.